The summed E-state index contributed by atoms with van der Waals surface area (Å²) in [5, 5.41) is 1.28. The van der Waals surface area contributed by atoms with Crippen molar-refractivity contribution in [3.05, 3.63) is 63.9 Å². The van der Waals surface area contributed by atoms with Gasteiger partial charge in [0.1, 0.15) is 0 Å². The lowest BCUT2D eigenvalue weighted by Crippen LogP contribution is -2.48. The lowest BCUT2D eigenvalue weighted by molar-refractivity contribution is -0.140. The van der Waals surface area contributed by atoms with Crippen LogP contribution in [-0.4, -0.2) is 69.8 Å². The van der Waals surface area contributed by atoms with E-state index in [1.54, 1.807) is 6.20 Å². The van der Waals surface area contributed by atoms with Crippen molar-refractivity contribution in [1.29, 1.82) is 0 Å². The van der Waals surface area contributed by atoms with E-state index >= 15 is 0 Å². The Balaban J connectivity index is 1.55. The molecule has 0 bridgehead atoms. The van der Waals surface area contributed by atoms with Crippen LogP contribution in [0.5, 0.6) is 0 Å². The predicted molar refractivity (Wildman–Crippen MR) is 149 cm³/mol. The van der Waals surface area contributed by atoms with E-state index in [1.807, 2.05) is 53.1 Å². The van der Waals surface area contributed by atoms with Crippen molar-refractivity contribution in [3.8, 4) is 0 Å². The Labute approximate surface area is 230 Å². The molecule has 0 saturated carbocycles. The van der Waals surface area contributed by atoms with Crippen molar-refractivity contribution < 1.29 is 9.59 Å². The van der Waals surface area contributed by atoms with Crippen LogP contribution in [0.25, 0.3) is 0 Å². The van der Waals surface area contributed by atoms with Gasteiger partial charge >= 0.3 is 0 Å². The molecule has 2 aliphatic heterocycles. The number of carbonyl (C=O) groups is 2. The van der Waals surface area contributed by atoms with Crippen LogP contribution >= 0.6 is 23.2 Å². The molecule has 3 unspecified atom stereocenters. The molecule has 6 nitrogen and oxygen atoms in total. The van der Waals surface area contributed by atoms with Crippen molar-refractivity contribution >= 4 is 35.0 Å². The van der Waals surface area contributed by atoms with Gasteiger partial charge in [-0.25, -0.2) is 0 Å². The van der Waals surface area contributed by atoms with Gasteiger partial charge < -0.3 is 9.80 Å². The number of carbonyl (C=O) groups excluding carboxylic acids is 2. The van der Waals surface area contributed by atoms with Crippen molar-refractivity contribution in [2.24, 2.45) is 5.92 Å². The number of rotatable bonds is 4. The summed E-state index contributed by atoms with van der Waals surface area (Å²) in [6, 6.07) is 11.6. The quantitative estimate of drug-likeness (QED) is 0.487. The van der Waals surface area contributed by atoms with Crippen molar-refractivity contribution in [2.45, 2.75) is 64.5 Å². The SMILES string of the molecule is CCC(=O)N1CCN(C(=O)C2CN(C(C)(C)C)CC2c2ccc(Cl)cn2)CCCC1c1ccc(Cl)cc1. The fourth-order valence-electron chi connectivity index (χ4n) is 5.62. The molecular weight excluding hydrogens is 507 g/mol. The molecule has 0 radical (unpaired) electrons. The smallest absolute Gasteiger partial charge is 0.227 e. The molecule has 2 aromatic rings. The van der Waals surface area contributed by atoms with Gasteiger partial charge in [-0.3, -0.25) is 19.5 Å². The molecule has 37 heavy (non-hydrogen) atoms. The summed E-state index contributed by atoms with van der Waals surface area (Å²) >= 11 is 12.2. The highest BCUT2D eigenvalue weighted by Gasteiger charge is 2.44. The average Bonchev–Trinajstić information content (AvgIpc) is 3.31. The van der Waals surface area contributed by atoms with Crippen LogP contribution in [0.15, 0.2) is 42.6 Å². The third kappa shape index (κ3) is 6.47. The van der Waals surface area contributed by atoms with Gasteiger partial charge in [0.05, 0.1) is 17.0 Å². The first kappa shape index (κ1) is 27.9. The fourth-order valence-corrected chi connectivity index (χ4v) is 5.86. The summed E-state index contributed by atoms with van der Waals surface area (Å²) in [6.45, 7) is 11.7. The third-order valence-electron chi connectivity index (χ3n) is 7.80. The summed E-state index contributed by atoms with van der Waals surface area (Å²) in [7, 11) is 0. The molecule has 2 saturated heterocycles. The lowest BCUT2D eigenvalue weighted by atomic mass is 9.90. The summed E-state index contributed by atoms with van der Waals surface area (Å²) in [5.74, 6) is 0.0824. The summed E-state index contributed by atoms with van der Waals surface area (Å²) < 4.78 is 0. The maximum absolute atomic E-state index is 14.1. The molecule has 1 aromatic carbocycles. The Morgan fingerprint density at radius 1 is 0.973 bits per heavy atom. The first-order valence-electron chi connectivity index (χ1n) is 13.3. The van der Waals surface area contributed by atoms with E-state index in [0.717, 1.165) is 30.6 Å². The number of hydrogen-bond donors (Lipinski definition) is 0. The van der Waals surface area contributed by atoms with Gasteiger partial charge in [-0.1, -0.05) is 42.3 Å². The van der Waals surface area contributed by atoms with E-state index in [2.05, 4.69) is 30.7 Å². The molecular formula is C29H38Cl2N4O2. The number of pyridine rings is 1. The largest absolute Gasteiger partial charge is 0.341 e. The Bertz CT molecular complexity index is 1080. The monoisotopic (exact) mass is 544 g/mol. The maximum Gasteiger partial charge on any atom is 0.227 e. The molecule has 3 heterocycles. The molecule has 4 rings (SSSR count). The first-order chi connectivity index (χ1) is 17.6. The molecule has 3 atom stereocenters. The van der Waals surface area contributed by atoms with Crippen molar-refractivity contribution in [3.63, 3.8) is 0 Å². The van der Waals surface area contributed by atoms with E-state index in [4.69, 9.17) is 23.2 Å². The highest BCUT2D eigenvalue weighted by atomic mass is 35.5. The maximum atomic E-state index is 14.1. The topological polar surface area (TPSA) is 56.8 Å². The van der Waals surface area contributed by atoms with Gasteiger partial charge in [-0.2, -0.15) is 0 Å². The molecule has 8 heteroatoms. The molecule has 0 N–H and O–H groups in total. The van der Waals surface area contributed by atoms with E-state index in [9.17, 15) is 9.59 Å². The molecule has 2 amide bonds. The minimum absolute atomic E-state index is 0.00385. The van der Waals surface area contributed by atoms with Gasteiger partial charge in [0.25, 0.3) is 0 Å². The number of hydrogen-bond acceptors (Lipinski definition) is 4. The Morgan fingerprint density at radius 2 is 1.68 bits per heavy atom. The highest BCUT2D eigenvalue weighted by Crippen LogP contribution is 2.37. The van der Waals surface area contributed by atoms with Crippen LogP contribution in [0.4, 0.5) is 0 Å². The van der Waals surface area contributed by atoms with Crippen LogP contribution < -0.4 is 0 Å². The minimum atomic E-state index is -0.185. The second-order valence-corrected chi connectivity index (χ2v) is 12.0. The second kappa shape index (κ2) is 11.7. The molecule has 1 aromatic heterocycles. The molecule has 0 spiro atoms. The van der Waals surface area contributed by atoms with Crippen molar-refractivity contribution in [1.82, 2.24) is 19.7 Å². The number of nitrogens with zero attached hydrogens (tertiary/aromatic N) is 4. The Kier molecular flexibility index (Phi) is 8.82. The molecule has 200 valence electrons. The zero-order valence-electron chi connectivity index (χ0n) is 22.3. The number of benzene rings is 1. The Hall–Kier alpha value is -2.15. The van der Waals surface area contributed by atoms with Gasteiger partial charge in [0, 0.05) is 67.5 Å². The van der Waals surface area contributed by atoms with E-state index in [0.29, 0.717) is 42.6 Å². The summed E-state index contributed by atoms with van der Waals surface area (Å²) in [5.41, 5.74) is 1.95. The summed E-state index contributed by atoms with van der Waals surface area (Å²) in [6.07, 6.45) is 3.73. The van der Waals surface area contributed by atoms with Crippen LogP contribution in [0.1, 0.15) is 70.2 Å². The Morgan fingerprint density at radius 3 is 2.30 bits per heavy atom. The lowest BCUT2D eigenvalue weighted by Gasteiger charge is -2.38. The number of halogens is 2. The van der Waals surface area contributed by atoms with Gasteiger partial charge in [0.2, 0.25) is 11.8 Å². The number of aromatic nitrogens is 1. The minimum Gasteiger partial charge on any atom is -0.341 e. The van der Waals surface area contributed by atoms with Gasteiger partial charge in [-0.15, -0.1) is 0 Å². The first-order valence-corrected chi connectivity index (χ1v) is 14.0. The highest BCUT2D eigenvalue weighted by molar-refractivity contribution is 6.30. The van der Waals surface area contributed by atoms with Crippen molar-refractivity contribution in [2.75, 3.05) is 32.7 Å². The van der Waals surface area contributed by atoms with Crippen LogP contribution in [-0.2, 0) is 9.59 Å². The summed E-state index contributed by atoms with van der Waals surface area (Å²) in [4.78, 5) is 38.0. The average molecular weight is 546 g/mol. The predicted octanol–water partition coefficient (Wildman–Crippen LogP) is 5.80. The standard InChI is InChI=1S/C29H38Cl2N4O2/c1-5-27(36)35-16-15-33(14-6-7-26(35)20-8-10-21(30)11-9-20)28(37)24-19-34(29(2,3)4)18-23(24)25-13-12-22(31)17-32-25/h8-13,17,23-24,26H,5-7,14-16,18-19H2,1-4H3. The third-order valence-corrected chi connectivity index (χ3v) is 8.27. The van der Waals surface area contributed by atoms with Crippen LogP contribution in [0, 0.1) is 5.92 Å². The molecule has 2 aliphatic rings. The fraction of sp³-hybridized carbons (Fsp3) is 0.552. The van der Waals surface area contributed by atoms with E-state index in [1.165, 1.54) is 0 Å². The second-order valence-electron chi connectivity index (χ2n) is 11.2. The van der Waals surface area contributed by atoms with Gasteiger partial charge in [0.15, 0.2) is 0 Å². The number of likely N-dealkylation sites (tertiary alicyclic amines) is 1. The van der Waals surface area contributed by atoms with E-state index in [-0.39, 0.29) is 35.2 Å². The molecule has 0 aliphatic carbocycles. The van der Waals surface area contributed by atoms with Crippen LogP contribution in [0.3, 0.4) is 0 Å². The molecule has 2 fully saturated rings. The zero-order valence-corrected chi connectivity index (χ0v) is 23.8. The van der Waals surface area contributed by atoms with Crippen LogP contribution in [0.2, 0.25) is 10.0 Å². The number of amides is 2. The zero-order chi connectivity index (χ0) is 26.7. The van der Waals surface area contributed by atoms with E-state index < -0.39 is 0 Å². The van der Waals surface area contributed by atoms with Gasteiger partial charge in [-0.05, 0) is 63.4 Å². The normalized spacial score (nSPS) is 23.6.